The van der Waals surface area contributed by atoms with Crippen LogP contribution in [0.4, 0.5) is 0 Å². The molecule has 27 rings (SSSR count). The van der Waals surface area contributed by atoms with E-state index >= 15 is 0 Å². The fraction of sp³-hybridized carbons (Fsp3) is 0. The van der Waals surface area contributed by atoms with Crippen molar-refractivity contribution in [2.45, 2.75) is 0 Å². The molecule has 0 atom stereocenters. The highest BCUT2D eigenvalue weighted by molar-refractivity contribution is 6.16. The van der Waals surface area contributed by atoms with Gasteiger partial charge in [0.2, 0.25) is 11.9 Å². The number of fused-ring (bicyclic) bond motifs is 18. The van der Waals surface area contributed by atoms with E-state index in [1.165, 1.54) is 10.8 Å². The van der Waals surface area contributed by atoms with Gasteiger partial charge in [-0.1, -0.05) is 243 Å². The summed E-state index contributed by atoms with van der Waals surface area (Å²) in [5.41, 5.74) is 35.3. The van der Waals surface area contributed by atoms with Crippen molar-refractivity contribution >= 4 is 131 Å². The third-order valence-electron chi connectivity index (χ3n) is 26.5. The van der Waals surface area contributed by atoms with Gasteiger partial charge in [0.05, 0.1) is 83.5 Å². The Balaban J connectivity index is 0.527. The Morgan fingerprint density at radius 3 is 1.03 bits per heavy atom. The zero-order chi connectivity index (χ0) is 86.6. The summed E-state index contributed by atoms with van der Waals surface area (Å²) in [6.45, 7) is 0. The number of nitrogens with zero attached hydrogens (tertiary/aromatic N) is 12. The Morgan fingerprint density at radius 2 is 0.515 bits per heavy atom. The van der Waals surface area contributed by atoms with Gasteiger partial charge in [0.25, 0.3) is 0 Å². The lowest BCUT2D eigenvalue weighted by atomic mass is 9.97. The first-order valence-corrected chi connectivity index (χ1v) is 44.4. The van der Waals surface area contributed by atoms with Gasteiger partial charge >= 0.3 is 0 Å². The monoisotopic (exact) mass is 1680 g/mol. The van der Waals surface area contributed by atoms with Crippen molar-refractivity contribution in [2.24, 2.45) is 0 Å². The van der Waals surface area contributed by atoms with Gasteiger partial charge in [-0.2, -0.15) is 0 Å². The third-order valence-corrected chi connectivity index (χ3v) is 26.5. The van der Waals surface area contributed by atoms with Crippen LogP contribution in [-0.2, 0) is 0 Å². The van der Waals surface area contributed by atoms with Crippen molar-refractivity contribution in [3.05, 3.63) is 437 Å². The van der Waals surface area contributed by atoms with Crippen LogP contribution in [0, 0.1) is 0 Å². The summed E-state index contributed by atoms with van der Waals surface area (Å²) >= 11 is 0. The Morgan fingerprint density at radius 1 is 0.174 bits per heavy atom. The molecular formula is C119H72N12O. The summed E-state index contributed by atoms with van der Waals surface area (Å²) in [7, 11) is 0. The first-order chi connectivity index (χ1) is 65.4. The average molecular weight is 1690 g/mol. The highest BCUT2D eigenvalue weighted by Crippen LogP contribution is 2.46. The maximum Gasteiger partial charge on any atom is 0.235 e. The van der Waals surface area contributed by atoms with Gasteiger partial charge in [-0.3, -0.25) is 24.1 Å². The van der Waals surface area contributed by atoms with Crippen molar-refractivity contribution in [2.75, 3.05) is 0 Å². The van der Waals surface area contributed by atoms with Crippen molar-refractivity contribution in [1.82, 2.24) is 57.7 Å². The highest BCUT2D eigenvalue weighted by atomic mass is 16.3. The molecule has 0 amide bonds. The van der Waals surface area contributed by atoms with Crippen LogP contribution in [0.2, 0.25) is 0 Å². The van der Waals surface area contributed by atoms with Gasteiger partial charge in [0.15, 0.2) is 5.58 Å². The molecule has 16 aromatic carbocycles. The van der Waals surface area contributed by atoms with E-state index in [-0.39, 0.29) is 0 Å². The molecule has 614 valence electrons. The van der Waals surface area contributed by atoms with E-state index in [9.17, 15) is 0 Å². The van der Waals surface area contributed by atoms with Crippen LogP contribution in [0.1, 0.15) is 0 Å². The molecule has 27 aromatic rings. The molecule has 132 heavy (non-hydrogen) atoms. The van der Waals surface area contributed by atoms with Gasteiger partial charge in [0.1, 0.15) is 11.1 Å². The molecule has 13 nitrogen and oxygen atoms in total. The summed E-state index contributed by atoms with van der Waals surface area (Å²) in [5, 5.41) is 11.1. The topological polar surface area (TPSA) is 128 Å². The molecule has 0 saturated heterocycles. The Bertz CT molecular complexity index is 9300. The van der Waals surface area contributed by atoms with Crippen LogP contribution in [0.15, 0.2) is 442 Å². The predicted molar refractivity (Wildman–Crippen MR) is 539 cm³/mol. The van der Waals surface area contributed by atoms with Crippen LogP contribution >= 0.6 is 0 Å². The maximum absolute atomic E-state index is 6.22. The molecule has 0 aliphatic rings. The van der Waals surface area contributed by atoms with Gasteiger partial charge < -0.3 is 18.1 Å². The highest BCUT2D eigenvalue weighted by Gasteiger charge is 2.26. The van der Waals surface area contributed by atoms with Gasteiger partial charge in [0, 0.05) is 129 Å². The molecular weight excluding hydrogens is 1610 g/mol. The number of hydrogen-bond acceptors (Lipinski definition) is 8. The number of hydrogen-bond donors (Lipinski definition) is 0. The van der Waals surface area contributed by atoms with Crippen LogP contribution in [0.5, 0.6) is 0 Å². The third kappa shape index (κ3) is 12.1. The zero-order valence-corrected chi connectivity index (χ0v) is 70.8. The van der Waals surface area contributed by atoms with E-state index in [4.69, 9.17) is 39.3 Å². The fourth-order valence-electron chi connectivity index (χ4n) is 20.3. The molecule has 13 heteroatoms. The first-order valence-electron chi connectivity index (χ1n) is 44.4. The molecule has 0 radical (unpaired) electrons. The van der Waals surface area contributed by atoms with Gasteiger partial charge in [-0.25, -0.2) is 19.9 Å². The normalized spacial score (nSPS) is 11.9. The lowest BCUT2D eigenvalue weighted by molar-refractivity contribution is 0.668. The van der Waals surface area contributed by atoms with Gasteiger partial charge in [-0.15, -0.1) is 0 Å². The SMILES string of the molecule is c1ccc(-c2cc(-c3ccccc3)nc(-n3c4ccccc4c4cc(-c5cccc(-c6ccc7c(c6)c6ccccc6n7-c6ccc7c(c6)c6ncccc6n7-c6ccc(-c7ccc8c9cc(-c%10cncc(-c%11ccc%12c(c%11)c%11ccccc%11n%12-c%11ccc%12oc%13cccnc%13c%12c%11)c%10)ccc9n(-c9nc(-c%10ccccc%10)cc(-c%10ccccc%10)n9)c8c7)cc6)c5)ccc43)n2)cc1. The van der Waals surface area contributed by atoms with E-state index in [1.54, 1.807) is 0 Å². The second-order valence-corrected chi connectivity index (χ2v) is 34.0. The predicted octanol–water partition coefficient (Wildman–Crippen LogP) is 29.8. The van der Waals surface area contributed by atoms with Crippen molar-refractivity contribution < 1.29 is 4.42 Å². The van der Waals surface area contributed by atoms with E-state index in [0.717, 1.165) is 238 Å². The zero-order valence-electron chi connectivity index (χ0n) is 70.8. The van der Waals surface area contributed by atoms with E-state index < -0.39 is 0 Å². The van der Waals surface area contributed by atoms with Crippen molar-refractivity contribution in [3.8, 4) is 130 Å². The standard InChI is InChI=1S/C119H72N12O/c1-5-22-74(23-6-1)100-69-101(75-24-7-2-8-25-75)124-118(123-100)130-106-37-18-15-34-92(106)96-63-81(44-54-109(96)130)79-31-19-30-78(60-79)80-43-52-107-94(62-80)90-32-13-16-35-104(90)128(107)88-49-56-111-98(67-88)116-112(38-20-58-121-116)127(111)87-47-40-73(41-48-87)84-42-51-93-97-65-83(46-55-110(97)131(113(93)66-84)119-125-102(76-26-9-3-10-27-76)70-103(126-119)77-28-11-4-12-29-77)86-61-85(71-120-72-86)82-45-53-108-95(64-82)91-33-14-17-36-105(91)129(108)89-50-57-114-99(68-89)117-115(132-114)39-21-59-122-117/h1-72H. The van der Waals surface area contributed by atoms with Crippen LogP contribution in [0.3, 0.4) is 0 Å². The number of rotatable bonds is 14. The number of para-hydroxylation sites is 3. The lowest BCUT2D eigenvalue weighted by Gasteiger charge is -2.13. The van der Waals surface area contributed by atoms with Crippen LogP contribution in [0.25, 0.3) is 261 Å². The Labute approximate surface area is 755 Å². The van der Waals surface area contributed by atoms with Crippen molar-refractivity contribution in [3.63, 3.8) is 0 Å². The molecule has 11 heterocycles. The minimum atomic E-state index is 0.571. The van der Waals surface area contributed by atoms with E-state index in [0.29, 0.717) is 11.9 Å². The minimum Gasteiger partial charge on any atom is -0.454 e. The quantitative estimate of drug-likeness (QED) is 0.105. The number of furan rings is 1. The molecule has 0 aliphatic heterocycles. The number of pyridine rings is 3. The molecule has 11 aromatic heterocycles. The molecule has 0 unspecified atom stereocenters. The molecule has 0 spiro atoms. The maximum atomic E-state index is 6.22. The first kappa shape index (κ1) is 74.2. The fourth-order valence-corrected chi connectivity index (χ4v) is 20.3. The second-order valence-electron chi connectivity index (χ2n) is 34.0. The van der Waals surface area contributed by atoms with E-state index in [2.05, 4.69) is 393 Å². The summed E-state index contributed by atoms with van der Waals surface area (Å²) < 4.78 is 17.8. The summed E-state index contributed by atoms with van der Waals surface area (Å²) in [6, 6.07) is 147. The van der Waals surface area contributed by atoms with Crippen LogP contribution in [-0.4, -0.2) is 57.7 Å². The second kappa shape index (κ2) is 29.8. The molecule has 0 bridgehead atoms. The summed E-state index contributed by atoms with van der Waals surface area (Å²) in [6.07, 6.45) is 7.68. The summed E-state index contributed by atoms with van der Waals surface area (Å²) in [4.78, 5) is 36.4. The van der Waals surface area contributed by atoms with E-state index in [1.807, 2.05) is 67.3 Å². The van der Waals surface area contributed by atoms with Crippen LogP contribution < -0.4 is 0 Å². The Kier molecular flexibility index (Phi) is 16.7. The largest absolute Gasteiger partial charge is 0.454 e. The molecule has 0 saturated carbocycles. The average Bonchev–Trinajstić information content (AvgIpc) is 1.59. The van der Waals surface area contributed by atoms with Crippen molar-refractivity contribution in [1.29, 1.82) is 0 Å². The smallest absolute Gasteiger partial charge is 0.235 e. The molecule has 0 aliphatic carbocycles. The Hall–Kier alpha value is -18.1. The number of aromatic nitrogens is 12. The minimum absolute atomic E-state index is 0.571. The molecule has 0 fully saturated rings. The number of benzene rings is 16. The lowest BCUT2D eigenvalue weighted by Crippen LogP contribution is -2.04. The van der Waals surface area contributed by atoms with Gasteiger partial charge in [-0.05, 0) is 214 Å². The molecule has 0 N–H and O–H groups in total. The summed E-state index contributed by atoms with van der Waals surface area (Å²) in [5.74, 6) is 1.19.